The Hall–Kier alpha value is -1.03. The number of allylic oxidation sites excluding steroid dienone is 1. The smallest absolute Gasteiger partial charge is 0.335 e. The molecule has 10 heavy (non-hydrogen) atoms. The molecule has 1 aliphatic rings. The van der Waals surface area contributed by atoms with Gasteiger partial charge < -0.3 is 4.74 Å². The fourth-order valence-electron chi connectivity index (χ4n) is 0.843. The lowest BCUT2D eigenvalue weighted by Gasteiger charge is -1.98. The number of hydrogen-bond donors (Lipinski definition) is 2. The van der Waals surface area contributed by atoms with Gasteiger partial charge in [-0.3, -0.25) is 10.7 Å². The summed E-state index contributed by atoms with van der Waals surface area (Å²) in [7, 11) is 0. The number of rotatable bonds is 1. The van der Waals surface area contributed by atoms with Gasteiger partial charge in [-0.2, -0.15) is 0 Å². The average Bonchev–Trinajstić information content (AvgIpc) is 2.34. The summed E-state index contributed by atoms with van der Waals surface area (Å²) >= 11 is 0. The van der Waals surface area contributed by atoms with Crippen molar-refractivity contribution in [2.75, 3.05) is 6.61 Å². The predicted molar refractivity (Wildman–Crippen MR) is 33.2 cm³/mol. The van der Waals surface area contributed by atoms with Gasteiger partial charge in [0.1, 0.15) is 0 Å². The number of nitrogens with one attached hydrogen (secondary N) is 1. The third-order valence-electron chi connectivity index (χ3n) is 1.45. The van der Waals surface area contributed by atoms with E-state index in [1.54, 1.807) is 6.92 Å². The lowest BCUT2D eigenvalue weighted by molar-refractivity contribution is -0.135. The molecule has 0 saturated carbocycles. The lowest BCUT2D eigenvalue weighted by atomic mass is 10.2. The highest BCUT2D eigenvalue weighted by Crippen LogP contribution is 2.15. The van der Waals surface area contributed by atoms with E-state index in [9.17, 15) is 4.79 Å². The van der Waals surface area contributed by atoms with Crippen molar-refractivity contribution < 1.29 is 14.7 Å². The quantitative estimate of drug-likeness (QED) is 0.312. The Bertz CT molecular complexity index is 185. The molecular formula is C6H9NO3. The van der Waals surface area contributed by atoms with Gasteiger partial charge in [-0.25, -0.2) is 4.79 Å². The van der Waals surface area contributed by atoms with Crippen LogP contribution in [0.25, 0.3) is 0 Å². The zero-order valence-corrected chi connectivity index (χ0v) is 5.68. The van der Waals surface area contributed by atoms with Gasteiger partial charge in [0, 0.05) is 12.1 Å². The van der Waals surface area contributed by atoms with Crippen LogP contribution in [0.5, 0.6) is 0 Å². The minimum absolute atomic E-state index is 0.334. The Morgan fingerprint density at radius 3 is 2.90 bits per heavy atom. The number of ether oxygens (including phenoxy) is 1. The molecule has 0 atom stereocenters. The van der Waals surface area contributed by atoms with E-state index in [2.05, 4.69) is 4.74 Å². The van der Waals surface area contributed by atoms with Crippen LogP contribution in [0.1, 0.15) is 13.3 Å². The molecule has 0 amide bonds. The molecule has 1 fully saturated rings. The fraction of sp³-hybridized carbons (Fsp3) is 0.500. The van der Waals surface area contributed by atoms with Crippen molar-refractivity contribution in [2.45, 2.75) is 13.3 Å². The normalized spacial score (nSPS) is 22.4. The molecule has 0 aliphatic carbocycles. The highest BCUT2D eigenvalue weighted by Gasteiger charge is 2.20. The van der Waals surface area contributed by atoms with Crippen LogP contribution in [0.2, 0.25) is 0 Å². The predicted octanol–water partition coefficient (Wildman–Crippen LogP) is 0.186. The number of cyclic esters (lactones) is 1. The standard InChI is InChI=1S/C6H9NO3/c1-4(7-9)5-2-3-10-6(5)8/h7,9H,2-3H2,1H3/b5-4-. The first kappa shape index (κ1) is 7.08. The maximum atomic E-state index is 10.7. The van der Waals surface area contributed by atoms with E-state index in [1.165, 1.54) is 0 Å². The third kappa shape index (κ3) is 1.11. The van der Waals surface area contributed by atoms with Crippen LogP contribution < -0.4 is 5.48 Å². The second-order valence-corrected chi connectivity index (χ2v) is 2.10. The Kier molecular flexibility index (Phi) is 1.91. The summed E-state index contributed by atoms with van der Waals surface area (Å²) in [6.45, 7) is 2.05. The number of hydroxylamine groups is 1. The molecule has 1 heterocycles. The molecule has 1 rings (SSSR count). The monoisotopic (exact) mass is 143 g/mol. The molecule has 56 valence electrons. The fourth-order valence-corrected chi connectivity index (χ4v) is 0.843. The van der Waals surface area contributed by atoms with E-state index in [-0.39, 0.29) is 5.97 Å². The molecule has 0 bridgehead atoms. The molecule has 4 heteroatoms. The Morgan fingerprint density at radius 1 is 1.80 bits per heavy atom. The average molecular weight is 143 g/mol. The largest absolute Gasteiger partial charge is 0.462 e. The molecule has 0 aromatic carbocycles. The van der Waals surface area contributed by atoms with Gasteiger partial charge in [0.25, 0.3) is 0 Å². The number of hydrogen-bond acceptors (Lipinski definition) is 4. The van der Waals surface area contributed by atoms with Crippen LogP contribution >= 0.6 is 0 Å². The zero-order chi connectivity index (χ0) is 7.56. The van der Waals surface area contributed by atoms with Crippen LogP contribution in [0.4, 0.5) is 0 Å². The molecule has 0 aromatic rings. The van der Waals surface area contributed by atoms with Gasteiger partial charge in [-0.1, -0.05) is 0 Å². The maximum absolute atomic E-state index is 10.7. The van der Waals surface area contributed by atoms with Gasteiger partial charge in [-0.05, 0) is 6.92 Å². The Balaban J connectivity index is 2.79. The summed E-state index contributed by atoms with van der Waals surface area (Å²) in [5.41, 5.74) is 2.92. The van der Waals surface area contributed by atoms with Crippen molar-refractivity contribution in [2.24, 2.45) is 0 Å². The third-order valence-corrected chi connectivity index (χ3v) is 1.45. The van der Waals surface area contributed by atoms with Gasteiger partial charge in [0.15, 0.2) is 0 Å². The first-order valence-corrected chi connectivity index (χ1v) is 3.02. The van der Waals surface area contributed by atoms with Gasteiger partial charge >= 0.3 is 5.97 Å². The van der Waals surface area contributed by atoms with E-state index in [1.807, 2.05) is 5.48 Å². The molecule has 0 aromatic heterocycles. The molecule has 2 N–H and O–H groups in total. The first-order chi connectivity index (χ1) is 4.75. The Labute approximate surface area is 58.4 Å². The number of esters is 1. The summed E-state index contributed by atoms with van der Waals surface area (Å²) in [6, 6.07) is 0. The van der Waals surface area contributed by atoms with Crippen LogP contribution in [0, 0.1) is 0 Å². The second kappa shape index (κ2) is 2.70. The molecule has 0 spiro atoms. The molecule has 1 saturated heterocycles. The second-order valence-electron chi connectivity index (χ2n) is 2.10. The molecule has 0 radical (unpaired) electrons. The summed E-state index contributed by atoms with van der Waals surface area (Å²) in [5, 5.41) is 8.40. The van der Waals surface area contributed by atoms with Crippen molar-refractivity contribution in [1.82, 2.24) is 5.48 Å². The first-order valence-electron chi connectivity index (χ1n) is 3.02. The van der Waals surface area contributed by atoms with Crippen LogP contribution in [0.15, 0.2) is 11.3 Å². The zero-order valence-electron chi connectivity index (χ0n) is 5.68. The highest BCUT2D eigenvalue weighted by molar-refractivity contribution is 5.90. The lowest BCUT2D eigenvalue weighted by Crippen LogP contribution is -2.09. The minimum Gasteiger partial charge on any atom is -0.462 e. The number of carbonyl (C=O) groups excluding carboxylic acids is 1. The SMILES string of the molecule is C/C(NO)=C1\CCOC1=O. The minimum atomic E-state index is -0.334. The van der Waals surface area contributed by atoms with Crippen LogP contribution in [0.3, 0.4) is 0 Å². The molecular weight excluding hydrogens is 134 g/mol. The van der Waals surface area contributed by atoms with Gasteiger partial charge in [0.2, 0.25) is 0 Å². The van der Waals surface area contributed by atoms with E-state index in [0.717, 1.165) is 0 Å². The van der Waals surface area contributed by atoms with Crippen molar-refractivity contribution in [3.8, 4) is 0 Å². The molecule has 4 nitrogen and oxygen atoms in total. The van der Waals surface area contributed by atoms with Crippen molar-refractivity contribution in [1.29, 1.82) is 0 Å². The topological polar surface area (TPSA) is 58.6 Å². The number of carbonyl (C=O) groups is 1. The maximum Gasteiger partial charge on any atom is 0.335 e. The highest BCUT2D eigenvalue weighted by atomic mass is 16.5. The summed E-state index contributed by atoms with van der Waals surface area (Å²) in [4.78, 5) is 10.7. The van der Waals surface area contributed by atoms with Crippen molar-refractivity contribution in [3.63, 3.8) is 0 Å². The van der Waals surface area contributed by atoms with Gasteiger partial charge in [-0.15, -0.1) is 0 Å². The molecule has 0 unspecified atom stereocenters. The molecule has 1 aliphatic heterocycles. The van der Waals surface area contributed by atoms with E-state index in [4.69, 9.17) is 5.21 Å². The van der Waals surface area contributed by atoms with E-state index < -0.39 is 0 Å². The summed E-state index contributed by atoms with van der Waals surface area (Å²) in [6.07, 6.45) is 0.582. The summed E-state index contributed by atoms with van der Waals surface area (Å²) in [5.74, 6) is -0.334. The van der Waals surface area contributed by atoms with Crippen LogP contribution in [-0.2, 0) is 9.53 Å². The summed E-state index contributed by atoms with van der Waals surface area (Å²) < 4.78 is 4.64. The Morgan fingerprint density at radius 2 is 2.50 bits per heavy atom. The van der Waals surface area contributed by atoms with E-state index >= 15 is 0 Å². The van der Waals surface area contributed by atoms with Crippen molar-refractivity contribution in [3.05, 3.63) is 11.3 Å². The van der Waals surface area contributed by atoms with Gasteiger partial charge in [0.05, 0.1) is 12.2 Å². The van der Waals surface area contributed by atoms with E-state index in [0.29, 0.717) is 24.3 Å². The van der Waals surface area contributed by atoms with Crippen molar-refractivity contribution >= 4 is 5.97 Å². The van der Waals surface area contributed by atoms with Crippen LogP contribution in [-0.4, -0.2) is 17.8 Å².